The number of esters is 1. The van der Waals surface area contributed by atoms with Gasteiger partial charge in [-0.05, 0) is 117 Å². The first kappa shape index (κ1) is 47.7. The number of amides is 4. The van der Waals surface area contributed by atoms with E-state index in [9.17, 15) is 29.1 Å². The molecule has 4 amide bonds. The zero-order valence-corrected chi connectivity index (χ0v) is 40.3. The van der Waals surface area contributed by atoms with Crippen LogP contribution in [0.2, 0.25) is 0 Å². The Morgan fingerprint density at radius 3 is 2.51 bits per heavy atom. The van der Waals surface area contributed by atoms with Crippen molar-refractivity contribution in [1.29, 1.82) is 0 Å². The third kappa shape index (κ3) is 9.94. The molecular formula is C52H67N7O8. The van der Waals surface area contributed by atoms with Gasteiger partial charge in [0.25, 0.3) is 5.91 Å². The Hall–Kier alpha value is -5.80. The lowest BCUT2D eigenvalue weighted by Gasteiger charge is -2.37. The summed E-state index contributed by atoms with van der Waals surface area (Å²) in [6.07, 6.45) is 5.30. The average Bonchev–Trinajstić information content (AvgIpc) is 3.97. The molecule has 0 radical (unpaired) electrons. The van der Waals surface area contributed by atoms with Crippen molar-refractivity contribution in [2.75, 3.05) is 40.4 Å². The van der Waals surface area contributed by atoms with Crippen LogP contribution < -0.4 is 10.7 Å². The van der Waals surface area contributed by atoms with Gasteiger partial charge >= 0.3 is 5.97 Å². The Kier molecular flexibility index (Phi) is 13.8. The third-order valence-electron chi connectivity index (χ3n) is 14.1. The largest absolute Gasteiger partial charge is 0.508 e. The zero-order valence-electron chi connectivity index (χ0n) is 40.3. The standard InChI is InChI=1S/C52H67N7O8/c1-9-58-43-17-16-34-26-39(43)40(46(58)38-12-10-19-53-44(38)31(4)66-8)27-52(5,6)29-67-51(65)41-13-11-20-59(55-41)50(64)42(24-32-22-36(34)25-37(60)23-32)54-47(61)45(30(2)3)56(7)48(62)35-18-21-57(28-35)49(63)33-14-15-33/h10,12,16-17,19,22-23,25-26,30-31,33,35,41-42,45,55,60H,9,11,13-15,18,20-21,24,27-29H2,1-8H3,(H,54,61)/t31-,35+,41-,42-,45?/m0/s1. The summed E-state index contributed by atoms with van der Waals surface area (Å²) in [6.45, 7) is 13.9. The first-order valence-electron chi connectivity index (χ1n) is 24.0. The van der Waals surface area contributed by atoms with Crippen LogP contribution >= 0.6 is 0 Å². The van der Waals surface area contributed by atoms with Crippen LogP contribution in [0.3, 0.4) is 0 Å². The lowest BCUT2D eigenvalue weighted by Crippen LogP contribution is -2.62. The van der Waals surface area contributed by atoms with Crippen molar-refractivity contribution in [3.05, 3.63) is 71.5 Å². The molecule has 3 N–H and O–H groups in total. The van der Waals surface area contributed by atoms with Crippen molar-refractivity contribution in [3.63, 3.8) is 0 Å². The van der Waals surface area contributed by atoms with Crippen molar-refractivity contribution in [2.45, 2.75) is 117 Å². The maximum atomic E-state index is 14.7. The molecule has 1 unspecified atom stereocenters. The summed E-state index contributed by atoms with van der Waals surface area (Å²) in [5.41, 5.74) is 9.60. The highest BCUT2D eigenvalue weighted by molar-refractivity contribution is 5.96. The van der Waals surface area contributed by atoms with Crippen LogP contribution in [0, 0.1) is 23.2 Å². The van der Waals surface area contributed by atoms with E-state index >= 15 is 0 Å². The van der Waals surface area contributed by atoms with Gasteiger partial charge < -0.3 is 34.3 Å². The van der Waals surface area contributed by atoms with Gasteiger partial charge in [-0.15, -0.1) is 0 Å². The summed E-state index contributed by atoms with van der Waals surface area (Å²) in [6, 6.07) is 12.6. The fourth-order valence-corrected chi connectivity index (χ4v) is 10.4. The number of fused-ring (bicyclic) bond motifs is 6. The quantitative estimate of drug-likeness (QED) is 0.156. The van der Waals surface area contributed by atoms with Gasteiger partial charge in [0.15, 0.2) is 0 Å². The van der Waals surface area contributed by atoms with Gasteiger partial charge in [0.05, 0.1) is 30.0 Å². The van der Waals surface area contributed by atoms with E-state index < -0.39 is 47.2 Å². The number of carbonyl (C=O) groups excluding carboxylic acids is 5. The molecule has 6 bridgehead atoms. The smallest absolute Gasteiger partial charge is 0.324 e. The number of likely N-dealkylation sites (N-methyl/N-ethyl adjacent to an activating group) is 1. The van der Waals surface area contributed by atoms with Gasteiger partial charge in [0.2, 0.25) is 17.7 Å². The number of hydrogen-bond donors (Lipinski definition) is 3. The van der Waals surface area contributed by atoms with E-state index in [4.69, 9.17) is 14.5 Å². The van der Waals surface area contributed by atoms with Crippen LogP contribution in [0.5, 0.6) is 5.75 Å². The molecule has 358 valence electrons. The Morgan fingerprint density at radius 2 is 1.79 bits per heavy atom. The number of cyclic esters (lactones) is 1. The molecule has 1 aliphatic carbocycles. The fourth-order valence-electron chi connectivity index (χ4n) is 10.4. The number of aryl methyl sites for hydroxylation is 1. The maximum Gasteiger partial charge on any atom is 0.324 e. The third-order valence-corrected chi connectivity index (χ3v) is 14.1. The predicted molar refractivity (Wildman–Crippen MR) is 254 cm³/mol. The van der Waals surface area contributed by atoms with Crippen molar-refractivity contribution in [3.8, 4) is 28.1 Å². The van der Waals surface area contributed by atoms with Crippen LogP contribution in [-0.2, 0) is 52.8 Å². The summed E-state index contributed by atoms with van der Waals surface area (Å²) in [5.74, 6) is -2.26. The number of rotatable bonds is 10. The summed E-state index contributed by atoms with van der Waals surface area (Å²) in [7, 11) is 3.29. The first-order valence-corrected chi connectivity index (χ1v) is 24.0. The molecule has 15 heteroatoms. The molecule has 4 aromatic rings. The van der Waals surface area contributed by atoms with Crippen LogP contribution in [0.25, 0.3) is 33.3 Å². The highest BCUT2D eigenvalue weighted by Crippen LogP contribution is 2.42. The minimum atomic E-state index is -1.15. The lowest BCUT2D eigenvalue weighted by molar-refractivity contribution is -0.155. The molecule has 0 spiro atoms. The fraction of sp³-hybridized carbons (Fsp3) is 0.538. The maximum absolute atomic E-state index is 14.7. The summed E-state index contributed by atoms with van der Waals surface area (Å²) in [5, 5.41) is 16.8. The number of nitrogens with zero attached hydrogens (tertiary/aromatic N) is 5. The van der Waals surface area contributed by atoms with E-state index in [2.05, 4.69) is 54.3 Å². The Bertz CT molecular complexity index is 2550. The molecule has 15 nitrogen and oxygen atoms in total. The number of methoxy groups -OCH3 is 1. The van der Waals surface area contributed by atoms with Gasteiger partial charge in [0.1, 0.15) is 23.9 Å². The average molecular weight is 918 g/mol. The Labute approximate surface area is 393 Å². The number of likely N-dealkylation sites (tertiary alicyclic amines) is 1. The Balaban J connectivity index is 1.18. The van der Waals surface area contributed by atoms with Gasteiger partial charge in [0, 0.05) is 80.8 Å². The van der Waals surface area contributed by atoms with Crippen molar-refractivity contribution in [1.82, 2.24) is 35.1 Å². The van der Waals surface area contributed by atoms with E-state index in [-0.39, 0.29) is 55.1 Å². The topological polar surface area (TPSA) is 176 Å². The molecule has 3 fully saturated rings. The molecule has 1 saturated carbocycles. The molecule has 2 aromatic heterocycles. The zero-order chi connectivity index (χ0) is 47.9. The SMILES string of the molecule is CCn1c(-c2cccnc2[C@H](C)OC)c2c3cc(ccc31)-c1cc(O)cc(c1)C[C@H](NC(=O)C(C(C)C)N(C)C(=O)[C@@H]1CCN(C(=O)C3CC3)C1)C(=O)N1CCC[C@H](N1)C(=O)OCC(C)(C)C2. The van der Waals surface area contributed by atoms with Gasteiger partial charge in [-0.2, -0.15) is 0 Å². The molecule has 5 heterocycles. The van der Waals surface area contributed by atoms with Crippen molar-refractivity contribution < 1.29 is 38.6 Å². The highest BCUT2D eigenvalue weighted by Gasteiger charge is 2.42. The van der Waals surface area contributed by atoms with E-state index in [0.717, 1.165) is 57.4 Å². The molecule has 4 aliphatic rings. The number of nitrogens with one attached hydrogen (secondary N) is 2. The van der Waals surface area contributed by atoms with Crippen molar-refractivity contribution >= 4 is 40.5 Å². The second-order valence-electron chi connectivity index (χ2n) is 20.2. The molecule has 2 aromatic carbocycles. The van der Waals surface area contributed by atoms with E-state index in [1.807, 2.05) is 39.0 Å². The van der Waals surface area contributed by atoms with E-state index in [1.165, 1.54) is 9.91 Å². The number of phenols is 1. The number of pyridine rings is 1. The molecule has 2 saturated heterocycles. The summed E-state index contributed by atoms with van der Waals surface area (Å²) < 4.78 is 14.2. The number of hydrogen-bond acceptors (Lipinski definition) is 10. The first-order chi connectivity index (χ1) is 32.0. The number of carbonyl (C=O) groups is 5. The normalized spacial score (nSPS) is 22.0. The molecule has 8 rings (SSSR count). The van der Waals surface area contributed by atoms with Gasteiger partial charge in [-0.3, -0.25) is 34.0 Å². The van der Waals surface area contributed by atoms with Crippen LogP contribution in [-0.4, -0.2) is 118 Å². The van der Waals surface area contributed by atoms with E-state index in [1.54, 1.807) is 37.4 Å². The summed E-state index contributed by atoms with van der Waals surface area (Å²) in [4.78, 5) is 78.2. The van der Waals surface area contributed by atoms with Gasteiger partial charge in [-0.1, -0.05) is 39.8 Å². The number of phenolic OH excluding ortho intramolecular Hbond substituents is 1. The monoisotopic (exact) mass is 918 g/mol. The highest BCUT2D eigenvalue weighted by atomic mass is 16.5. The van der Waals surface area contributed by atoms with Crippen LogP contribution in [0.4, 0.5) is 0 Å². The second kappa shape index (κ2) is 19.4. The number of aromatic hydroxyl groups is 1. The molecule has 5 atom stereocenters. The lowest BCUT2D eigenvalue weighted by atomic mass is 9.84. The minimum absolute atomic E-state index is 0.00210. The van der Waals surface area contributed by atoms with Crippen LogP contribution in [0.1, 0.15) is 96.6 Å². The van der Waals surface area contributed by atoms with Crippen LogP contribution in [0.15, 0.2) is 54.7 Å². The van der Waals surface area contributed by atoms with Crippen molar-refractivity contribution in [2.24, 2.45) is 23.2 Å². The van der Waals surface area contributed by atoms with E-state index in [0.29, 0.717) is 50.9 Å². The molecular weight excluding hydrogens is 851 g/mol. The number of ether oxygens (including phenoxy) is 2. The number of aromatic nitrogens is 2. The summed E-state index contributed by atoms with van der Waals surface area (Å²) >= 11 is 0. The number of hydrazine groups is 1. The molecule has 3 aliphatic heterocycles. The number of benzene rings is 2. The Morgan fingerprint density at radius 1 is 1.01 bits per heavy atom. The molecule has 67 heavy (non-hydrogen) atoms. The predicted octanol–water partition coefficient (Wildman–Crippen LogP) is 6.19. The van der Waals surface area contributed by atoms with Gasteiger partial charge in [-0.25, -0.2) is 5.43 Å². The second-order valence-corrected chi connectivity index (χ2v) is 20.2. The minimum Gasteiger partial charge on any atom is -0.508 e.